The zero-order valence-electron chi connectivity index (χ0n) is 28.6. The van der Waals surface area contributed by atoms with Crippen LogP contribution in [0.3, 0.4) is 0 Å². The van der Waals surface area contributed by atoms with Crippen molar-refractivity contribution in [2.75, 3.05) is 26.9 Å². The number of rotatable bonds is 17. The fourth-order valence-electron chi connectivity index (χ4n) is 8.05. The standard InChI is InChI=1S/C41H47NO7S/c1-3-22-47-41-38(50-32-15-5-4-6-16-32)26-36(42-46-2)34-24-29(13-7-9-20-43)33(17-8-10-21-44)39(40(34)41)35-25-31(18-19-37(35)49-41)48-30-14-11-12-28(23-30)27-45/h3-6,11-12,14-16,18-19,23-25,27,29,33,38-40,43-44H,1,7-10,13,17,20-22,26H2,2H3. The number of carbonyl (C=O) groups excluding carboxylic acids is 1. The molecular weight excluding hydrogens is 651 g/mol. The number of hydrogen-bond acceptors (Lipinski definition) is 9. The molecular formula is C41H47NO7S. The molecule has 3 aromatic carbocycles. The van der Waals surface area contributed by atoms with Crippen molar-refractivity contribution in [3.8, 4) is 17.2 Å². The Bertz CT molecular complexity index is 1680. The topological polar surface area (TPSA) is 107 Å². The average Bonchev–Trinajstić information content (AvgIpc) is 3.14. The Morgan fingerprint density at radius 2 is 1.76 bits per heavy atom. The van der Waals surface area contributed by atoms with Gasteiger partial charge in [-0.3, -0.25) is 4.79 Å². The van der Waals surface area contributed by atoms with E-state index in [4.69, 9.17) is 19.0 Å². The Hall–Kier alpha value is -3.89. The van der Waals surface area contributed by atoms with Gasteiger partial charge in [-0.05, 0) is 85.6 Å². The minimum Gasteiger partial charge on any atom is -0.460 e. The van der Waals surface area contributed by atoms with E-state index < -0.39 is 5.79 Å². The number of aliphatic hydroxyl groups excluding tert-OH is 2. The third kappa shape index (κ3) is 7.56. The van der Waals surface area contributed by atoms with Gasteiger partial charge in [0, 0.05) is 41.6 Å². The Kier molecular flexibility index (Phi) is 12.1. The fraction of sp³-hybridized carbons (Fsp3) is 0.415. The highest BCUT2D eigenvalue weighted by Crippen LogP contribution is 2.63. The molecule has 1 saturated carbocycles. The van der Waals surface area contributed by atoms with E-state index in [1.807, 2.05) is 42.5 Å². The van der Waals surface area contributed by atoms with Crippen molar-refractivity contribution in [1.82, 2.24) is 0 Å². The molecule has 264 valence electrons. The number of aldehydes is 1. The second kappa shape index (κ2) is 16.9. The molecule has 6 atom stereocenters. The second-order valence-electron chi connectivity index (χ2n) is 13.2. The molecule has 0 bridgehead atoms. The molecule has 2 N–H and O–H groups in total. The van der Waals surface area contributed by atoms with Crippen LogP contribution in [-0.2, 0) is 9.57 Å². The van der Waals surface area contributed by atoms with Gasteiger partial charge in [0.25, 0.3) is 0 Å². The number of carbonyl (C=O) groups is 1. The summed E-state index contributed by atoms with van der Waals surface area (Å²) in [4.78, 5) is 18.1. The van der Waals surface area contributed by atoms with Crippen LogP contribution >= 0.6 is 11.8 Å². The Morgan fingerprint density at radius 1 is 0.980 bits per heavy atom. The van der Waals surface area contributed by atoms with Crippen LogP contribution in [-0.4, -0.2) is 60.2 Å². The molecule has 8 nitrogen and oxygen atoms in total. The highest BCUT2D eigenvalue weighted by Gasteiger charge is 2.64. The van der Waals surface area contributed by atoms with Crippen LogP contribution in [0.25, 0.3) is 0 Å². The van der Waals surface area contributed by atoms with Crippen LogP contribution in [0, 0.1) is 17.8 Å². The highest BCUT2D eigenvalue weighted by molar-refractivity contribution is 8.00. The van der Waals surface area contributed by atoms with Gasteiger partial charge in [-0.1, -0.05) is 60.5 Å². The molecule has 6 unspecified atom stereocenters. The van der Waals surface area contributed by atoms with Crippen molar-refractivity contribution >= 4 is 23.8 Å². The number of fused-ring (bicyclic) bond motifs is 2. The van der Waals surface area contributed by atoms with E-state index in [2.05, 4.69) is 36.0 Å². The molecule has 50 heavy (non-hydrogen) atoms. The predicted molar refractivity (Wildman–Crippen MR) is 196 cm³/mol. The SMILES string of the molecule is C=CCOC12Oc3ccc(Oc4cccc(C=O)c4)cc3C3C(CCCCO)C(CCCCO)C=C(C(=NOC)CC1Sc1ccccc1)C32. The number of allylic oxidation sites excluding steroid dienone is 1. The monoisotopic (exact) mass is 697 g/mol. The van der Waals surface area contributed by atoms with Gasteiger partial charge >= 0.3 is 0 Å². The number of unbranched alkanes of at least 4 members (excludes halogenated alkanes) is 2. The molecule has 3 aromatic rings. The second-order valence-corrected chi connectivity index (χ2v) is 14.4. The molecule has 0 amide bonds. The van der Waals surface area contributed by atoms with E-state index in [1.165, 1.54) is 0 Å². The summed E-state index contributed by atoms with van der Waals surface area (Å²) in [7, 11) is 1.59. The molecule has 1 heterocycles. The van der Waals surface area contributed by atoms with Gasteiger partial charge in [-0.25, -0.2) is 0 Å². The van der Waals surface area contributed by atoms with Crippen molar-refractivity contribution in [1.29, 1.82) is 0 Å². The molecule has 0 radical (unpaired) electrons. The maximum absolute atomic E-state index is 11.5. The van der Waals surface area contributed by atoms with Gasteiger partial charge in [0.1, 0.15) is 30.6 Å². The van der Waals surface area contributed by atoms with Crippen molar-refractivity contribution in [3.63, 3.8) is 0 Å². The summed E-state index contributed by atoms with van der Waals surface area (Å²) in [6.07, 6.45) is 10.6. The normalized spacial score (nSPS) is 25.9. The molecule has 0 aromatic heterocycles. The quantitative estimate of drug-likeness (QED) is 0.0628. The first-order chi connectivity index (χ1) is 24.5. The number of ether oxygens (including phenoxy) is 3. The van der Waals surface area contributed by atoms with E-state index in [0.717, 1.165) is 65.9 Å². The lowest BCUT2D eigenvalue weighted by Crippen LogP contribution is -2.64. The summed E-state index contributed by atoms with van der Waals surface area (Å²) in [6, 6.07) is 23.4. The van der Waals surface area contributed by atoms with Crippen LogP contribution in [0.2, 0.25) is 0 Å². The molecule has 0 spiro atoms. The summed E-state index contributed by atoms with van der Waals surface area (Å²) in [6.45, 7) is 4.60. The van der Waals surface area contributed by atoms with Gasteiger partial charge in [0.05, 0.1) is 23.5 Å². The molecule has 1 fully saturated rings. The van der Waals surface area contributed by atoms with Gasteiger partial charge in [0.2, 0.25) is 5.79 Å². The molecule has 2 aliphatic carbocycles. The minimum absolute atomic E-state index is 0.0486. The van der Waals surface area contributed by atoms with E-state index >= 15 is 0 Å². The number of oxime groups is 1. The molecule has 6 rings (SSSR count). The lowest BCUT2D eigenvalue weighted by atomic mass is 9.56. The van der Waals surface area contributed by atoms with Gasteiger partial charge < -0.3 is 29.3 Å². The lowest BCUT2D eigenvalue weighted by molar-refractivity contribution is -0.223. The van der Waals surface area contributed by atoms with Gasteiger partial charge in [-0.15, -0.1) is 18.3 Å². The van der Waals surface area contributed by atoms with E-state index in [9.17, 15) is 15.0 Å². The molecule has 9 heteroatoms. The molecule has 3 aliphatic rings. The van der Waals surface area contributed by atoms with Crippen molar-refractivity contribution in [2.45, 2.75) is 66.8 Å². The summed E-state index contributed by atoms with van der Waals surface area (Å²) in [5.41, 5.74) is 3.54. The number of benzene rings is 3. The first kappa shape index (κ1) is 35.9. The van der Waals surface area contributed by atoms with Gasteiger partial charge in [0.15, 0.2) is 0 Å². The van der Waals surface area contributed by atoms with Crippen LogP contribution in [0.15, 0.2) is 107 Å². The highest BCUT2D eigenvalue weighted by atomic mass is 32.2. The average molecular weight is 698 g/mol. The third-order valence-electron chi connectivity index (χ3n) is 10.1. The zero-order valence-corrected chi connectivity index (χ0v) is 29.4. The van der Waals surface area contributed by atoms with Gasteiger partial charge in [-0.2, -0.15) is 0 Å². The third-order valence-corrected chi connectivity index (χ3v) is 11.4. The molecule has 1 aliphatic heterocycles. The Morgan fingerprint density at radius 3 is 2.50 bits per heavy atom. The number of hydrogen-bond donors (Lipinski definition) is 2. The summed E-state index contributed by atoms with van der Waals surface area (Å²) in [5.74, 6) is 0.998. The lowest BCUT2D eigenvalue weighted by Gasteiger charge is -2.58. The van der Waals surface area contributed by atoms with E-state index in [0.29, 0.717) is 36.5 Å². The maximum atomic E-state index is 11.5. The maximum Gasteiger partial charge on any atom is 0.231 e. The van der Waals surface area contributed by atoms with Crippen molar-refractivity contribution in [2.24, 2.45) is 22.9 Å². The Labute approximate surface area is 299 Å². The number of nitrogens with zero attached hydrogens (tertiary/aromatic N) is 1. The van der Waals surface area contributed by atoms with Crippen molar-refractivity contribution in [3.05, 3.63) is 108 Å². The first-order valence-corrected chi connectivity index (χ1v) is 18.5. The summed E-state index contributed by atoms with van der Waals surface area (Å²) in [5, 5.41) is 24.0. The largest absolute Gasteiger partial charge is 0.460 e. The number of thioether (sulfide) groups is 1. The van der Waals surface area contributed by atoms with Crippen LogP contribution in [0.4, 0.5) is 0 Å². The fourth-order valence-corrected chi connectivity index (χ4v) is 9.36. The summed E-state index contributed by atoms with van der Waals surface area (Å²) < 4.78 is 20.5. The zero-order chi connectivity index (χ0) is 34.9. The predicted octanol–water partition coefficient (Wildman–Crippen LogP) is 8.35. The van der Waals surface area contributed by atoms with E-state index in [-0.39, 0.29) is 42.1 Å². The summed E-state index contributed by atoms with van der Waals surface area (Å²) >= 11 is 1.73. The minimum atomic E-state index is -1.06. The number of aliphatic hydroxyl groups is 2. The van der Waals surface area contributed by atoms with Crippen LogP contribution in [0.1, 0.15) is 66.8 Å². The van der Waals surface area contributed by atoms with E-state index in [1.54, 1.807) is 37.1 Å². The van der Waals surface area contributed by atoms with Crippen molar-refractivity contribution < 1.29 is 34.1 Å². The smallest absolute Gasteiger partial charge is 0.231 e. The first-order valence-electron chi connectivity index (χ1n) is 17.6. The Balaban J connectivity index is 1.54. The van der Waals surface area contributed by atoms with Crippen LogP contribution in [0.5, 0.6) is 17.2 Å². The van der Waals surface area contributed by atoms with Crippen LogP contribution < -0.4 is 9.47 Å². The molecule has 0 saturated heterocycles.